The van der Waals surface area contributed by atoms with Crippen molar-refractivity contribution < 1.29 is 17.9 Å². The number of carbonyl (C=O) groups is 1. The van der Waals surface area contributed by atoms with Crippen LogP contribution in [0.3, 0.4) is 0 Å². The Bertz CT molecular complexity index is 1330. The smallest absolute Gasteiger partial charge is 0.181 e. The van der Waals surface area contributed by atoms with Crippen LogP contribution < -0.4 is 0 Å². The van der Waals surface area contributed by atoms with Crippen molar-refractivity contribution in [2.24, 2.45) is 5.92 Å². The number of sulfone groups is 1. The number of benzene rings is 1. The van der Waals surface area contributed by atoms with E-state index >= 15 is 0 Å². The molecule has 33 heavy (non-hydrogen) atoms. The summed E-state index contributed by atoms with van der Waals surface area (Å²) in [6.07, 6.45) is 6.91. The van der Waals surface area contributed by atoms with E-state index in [0.29, 0.717) is 64.1 Å². The third-order valence-electron chi connectivity index (χ3n) is 6.42. The van der Waals surface area contributed by atoms with Crippen LogP contribution in [0.1, 0.15) is 48.0 Å². The van der Waals surface area contributed by atoms with Crippen molar-refractivity contribution >= 4 is 37.9 Å². The molecule has 2 aromatic heterocycles. The lowest BCUT2D eigenvalue weighted by Gasteiger charge is -2.26. The van der Waals surface area contributed by atoms with Gasteiger partial charge in [-0.3, -0.25) is 9.48 Å². The minimum Gasteiger partial charge on any atom is -0.381 e. The van der Waals surface area contributed by atoms with Crippen LogP contribution >= 0.6 is 11.3 Å². The highest BCUT2D eigenvalue weighted by Crippen LogP contribution is 2.37. The molecular formula is C23H24N4O4S2. The van der Waals surface area contributed by atoms with Gasteiger partial charge < -0.3 is 4.74 Å². The number of carbonyl (C=O) groups excluding carboxylic acids is 1. The summed E-state index contributed by atoms with van der Waals surface area (Å²) in [5, 5.41) is 14.5. The Kier molecular flexibility index (Phi) is 6.03. The Hall–Kier alpha value is -2.61. The number of thiazole rings is 1. The molecule has 1 aromatic carbocycles. The number of nitriles is 1. The van der Waals surface area contributed by atoms with E-state index in [0.717, 1.165) is 12.8 Å². The lowest BCUT2D eigenvalue weighted by molar-refractivity contribution is -0.122. The van der Waals surface area contributed by atoms with Crippen molar-refractivity contribution in [3.05, 3.63) is 40.5 Å². The molecule has 1 atom stereocenters. The number of fused-ring (bicyclic) bond motifs is 1. The van der Waals surface area contributed by atoms with Crippen LogP contribution in [-0.2, 0) is 25.8 Å². The molecule has 8 nitrogen and oxygen atoms in total. The standard InChI is InChI=1S/C23H24N4O4S2/c24-12-16-13-25-23(32-16)11-21(28)20(10-15-6-8-31-9-7-15)27-19-2-1-3-22(18(19)14-26-27)33(29,30)17-4-5-17/h1-3,13-15,17,20H,4-11H2. The Balaban J connectivity index is 1.51. The van der Waals surface area contributed by atoms with Gasteiger partial charge in [0.2, 0.25) is 0 Å². The molecule has 3 heterocycles. The number of Topliss-reactive ketones (excluding diaryl/α,β-unsaturated/α-hetero) is 1. The molecule has 0 N–H and O–H groups in total. The maximum absolute atomic E-state index is 13.5. The molecule has 1 saturated carbocycles. The monoisotopic (exact) mass is 484 g/mol. The zero-order chi connectivity index (χ0) is 23.0. The van der Waals surface area contributed by atoms with Gasteiger partial charge in [-0.05, 0) is 50.2 Å². The van der Waals surface area contributed by atoms with Crippen LogP contribution in [0.15, 0.2) is 35.5 Å². The topological polar surface area (TPSA) is 115 Å². The fourth-order valence-corrected chi connectivity index (χ4v) is 7.05. The number of hydrogen-bond acceptors (Lipinski definition) is 8. The number of nitrogens with zero attached hydrogens (tertiary/aromatic N) is 4. The zero-order valence-corrected chi connectivity index (χ0v) is 19.6. The first-order valence-corrected chi connectivity index (χ1v) is 13.5. The zero-order valence-electron chi connectivity index (χ0n) is 18.0. The van der Waals surface area contributed by atoms with Crippen LogP contribution in [-0.4, -0.2) is 47.4 Å². The Morgan fingerprint density at radius 1 is 1.24 bits per heavy atom. The van der Waals surface area contributed by atoms with Crippen molar-refractivity contribution in [2.45, 2.75) is 54.7 Å². The van der Waals surface area contributed by atoms with Crippen LogP contribution in [0, 0.1) is 17.2 Å². The fraction of sp³-hybridized carbons (Fsp3) is 0.478. The van der Waals surface area contributed by atoms with Gasteiger partial charge in [0, 0.05) is 18.6 Å². The minimum atomic E-state index is -3.39. The van der Waals surface area contributed by atoms with Crippen molar-refractivity contribution in [2.75, 3.05) is 13.2 Å². The summed E-state index contributed by atoms with van der Waals surface area (Å²) >= 11 is 1.22. The molecule has 5 rings (SSSR count). The van der Waals surface area contributed by atoms with Gasteiger partial charge in [-0.1, -0.05) is 6.07 Å². The average molecular weight is 485 g/mol. The normalized spacial score (nSPS) is 18.3. The minimum absolute atomic E-state index is 0.0409. The summed E-state index contributed by atoms with van der Waals surface area (Å²) in [4.78, 5) is 18.5. The van der Waals surface area contributed by atoms with Crippen molar-refractivity contribution in [1.29, 1.82) is 5.26 Å². The van der Waals surface area contributed by atoms with Gasteiger partial charge in [-0.15, -0.1) is 11.3 Å². The lowest BCUT2D eigenvalue weighted by Crippen LogP contribution is -2.27. The summed E-state index contributed by atoms with van der Waals surface area (Å²) in [6, 6.07) is 6.71. The third-order valence-corrected chi connectivity index (χ3v) is 9.64. The van der Waals surface area contributed by atoms with Crippen molar-refractivity contribution in [3.63, 3.8) is 0 Å². The summed E-state index contributed by atoms with van der Waals surface area (Å²) in [5.74, 6) is 0.275. The van der Waals surface area contributed by atoms with Gasteiger partial charge >= 0.3 is 0 Å². The SMILES string of the molecule is N#Cc1cnc(CC(=O)C(CC2CCOCC2)n2ncc3c(S(=O)(=O)C4CC4)cccc32)s1. The second kappa shape index (κ2) is 8.97. The third kappa shape index (κ3) is 4.45. The number of ketones is 1. The summed E-state index contributed by atoms with van der Waals surface area (Å²) in [6.45, 7) is 1.35. The molecule has 172 valence electrons. The van der Waals surface area contributed by atoms with E-state index < -0.39 is 15.9 Å². The molecule has 2 aliphatic rings. The molecule has 3 aromatic rings. The molecule has 1 aliphatic heterocycles. The van der Waals surface area contributed by atoms with Gasteiger partial charge in [0.05, 0.1) is 34.5 Å². The number of rotatable bonds is 8. The molecule has 10 heteroatoms. The molecule has 0 spiro atoms. The van der Waals surface area contributed by atoms with Gasteiger partial charge in [0.15, 0.2) is 15.6 Å². The van der Waals surface area contributed by atoms with Gasteiger partial charge in [0.1, 0.15) is 22.0 Å². The van der Waals surface area contributed by atoms with Crippen molar-refractivity contribution in [1.82, 2.24) is 14.8 Å². The molecule has 0 radical (unpaired) electrons. The predicted octanol–water partition coefficient (Wildman–Crippen LogP) is 3.47. The van der Waals surface area contributed by atoms with E-state index in [1.807, 2.05) is 6.07 Å². The first-order chi connectivity index (χ1) is 16.0. The van der Waals surface area contributed by atoms with Gasteiger partial charge in [-0.25, -0.2) is 13.4 Å². The largest absolute Gasteiger partial charge is 0.381 e. The second-order valence-corrected chi connectivity index (χ2v) is 12.0. The Morgan fingerprint density at radius 3 is 2.73 bits per heavy atom. The van der Waals surface area contributed by atoms with Gasteiger partial charge in [-0.2, -0.15) is 10.4 Å². The maximum Gasteiger partial charge on any atom is 0.181 e. The predicted molar refractivity (Wildman–Crippen MR) is 123 cm³/mol. The summed E-state index contributed by atoms with van der Waals surface area (Å²) in [5.41, 5.74) is 0.652. The molecule has 0 bridgehead atoms. The second-order valence-electron chi connectivity index (χ2n) is 8.70. The average Bonchev–Trinajstić information content (AvgIpc) is 3.46. The van der Waals surface area contributed by atoms with E-state index in [1.54, 1.807) is 23.0 Å². The first kappa shape index (κ1) is 22.2. The van der Waals surface area contributed by atoms with Gasteiger partial charge in [0.25, 0.3) is 0 Å². The van der Waals surface area contributed by atoms with Crippen LogP contribution in [0.2, 0.25) is 0 Å². The van der Waals surface area contributed by atoms with E-state index in [2.05, 4.69) is 16.2 Å². The van der Waals surface area contributed by atoms with Crippen LogP contribution in [0.5, 0.6) is 0 Å². The molecule has 1 saturated heterocycles. The molecule has 0 amide bonds. The molecular weight excluding hydrogens is 460 g/mol. The highest BCUT2D eigenvalue weighted by Gasteiger charge is 2.38. The highest BCUT2D eigenvalue weighted by molar-refractivity contribution is 7.92. The fourth-order valence-electron chi connectivity index (χ4n) is 4.47. The Labute approximate surface area is 196 Å². The van der Waals surface area contributed by atoms with E-state index in [9.17, 15) is 13.2 Å². The Morgan fingerprint density at radius 2 is 2.03 bits per heavy atom. The van der Waals surface area contributed by atoms with Crippen molar-refractivity contribution in [3.8, 4) is 6.07 Å². The summed E-state index contributed by atoms with van der Waals surface area (Å²) in [7, 11) is -3.39. The van der Waals surface area contributed by atoms with E-state index in [4.69, 9.17) is 10.00 Å². The van der Waals surface area contributed by atoms with Crippen LogP contribution in [0.4, 0.5) is 0 Å². The van der Waals surface area contributed by atoms with E-state index in [1.165, 1.54) is 17.5 Å². The quantitative estimate of drug-likeness (QED) is 0.481. The van der Waals surface area contributed by atoms with E-state index in [-0.39, 0.29) is 17.5 Å². The number of aromatic nitrogens is 3. The lowest BCUT2D eigenvalue weighted by atomic mass is 9.90. The molecule has 1 aliphatic carbocycles. The highest BCUT2D eigenvalue weighted by atomic mass is 32.2. The molecule has 1 unspecified atom stereocenters. The maximum atomic E-state index is 13.5. The first-order valence-electron chi connectivity index (χ1n) is 11.1. The molecule has 2 fully saturated rings. The van der Waals surface area contributed by atoms with Crippen LogP contribution in [0.25, 0.3) is 10.9 Å². The summed E-state index contributed by atoms with van der Waals surface area (Å²) < 4.78 is 33.1. The number of ether oxygens (including phenoxy) is 1. The number of hydrogen-bond donors (Lipinski definition) is 0.